The first-order valence-electron chi connectivity index (χ1n) is 5.95. The summed E-state index contributed by atoms with van der Waals surface area (Å²) in [5.74, 6) is -0.356. The van der Waals surface area contributed by atoms with E-state index >= 15 is 0 Å². The summed E-state index contributed by atoms with van der Waals surface area (Å²) in [7, 11) is 2.18. The fraction of sp³-hybridized carbons (Fsp3) is 0.750. The summed E-state index contributed by atoms with van der Waals surface area (Å²) in [6.07, 6.45) is 2.67. The monoisotopic (exact) mass is 274 g/mol. The third-order valence-corrected chi connectivity index (χ3v) is 7.13. The Morgan fingerprint density at radius 2 is 1.72 bits per heavy atom. The highest BCUT2D eigenvalue weighted by atomic mass is 28.4. The number of esters is 1. The third-order valence-electron chi connectivity index (χ3n) is 3.47. The van der Waals surface area contributed by atoms with Gasteiger partial charge in [-0.3, -0.25) is 0 Å². The number of carbonyl (C=O) groups is 1. The number of hydrogen-bond donors (Lipinski definition) is 0. The van der Waals surface area contributed by atoms with Gasteiger partial charge < -0.3 is 18.0 Å². The Morgan fingerprint density at radius 1 is 1.22 bits per heavy atom. The molecule has 1 saturated carbocycles. The van der Waals surface area contributed by atoms with Crippen molar-refractivity contribution in [3.8, 4) is 0 Å². The third kappa shape index (κ3) is 2.82. The first-order valence-corrected chi connectivity index (χ1v) is 7.67. The molecule has 0 saturated heterocycles. The summed E-state index contributed by atoms with van der Waals surface area (Å²) in [5, 5.41) is -0.0966. The molecule has 0 aromatic rings. The van der Waals surface area contributed by atoms with Crippen LogP contribution in [0.15, 0.2) is 12.2 Å². The molecule has 1 fully saturated rings. The van der Waals surface area contributed by atoms with Crippen LogP contribution in [0.2, 0.25) is 5.04 Å². The first kappa shape index (κ1) is 15.4. The van der Waals surface area contributed by atoms with E-state index < -0.39 is 8.80 Å². The van der Waals surface area contributed by atoms with E-state index in [2.05, 4.69) is 6.58 Å². The van der Waals surface area contributed by atoms with Crippen molar-refractivity contribution >= 4 is 14.8 Å². The lowest BCUT2D eigenvalue weighted by Crippen LogP contribution is -2.49. The van der Waals surface area contributed by atoms with Crippen molar-refractivity contribution in [2.75, 3.05) is 27.9 Å². The summed E-state index contributed by atoms with van der Waals surface area (Å²) < 4.78 is 21.6. The Labute approximate surface area is 109 Å². The van der Waals surface area contributed by atoms with Gasteiger partial charge in [-0.1, -0.05) is 6.58 Å². The zero-order valence-electron chi connectivity index (χ0n) is 11.6. The van der Waals surface area contributed by atoms with Crippen LogP contribution in [0.4, 0.5) is 0 Å². The lowest BCUT2D eigenvalue weighted by molar-refractivity contribution is -0.139. The smallest absolute Gasteiger partial charge is 0.462 e. The Balaban J connectivity index is 2.55. The van der Waals surface area contributed by atoms with Gasteiger partial charge in [-0.15, -0.1) is 0 Å². The molecule has 0 spiro atoms. The molecule has 0 atom stereocenters. The predicted octanol–water partition coefficient (Wildman–Crippen LogP) is 1.91. The molecule has 0 radical (unpaired) electrons. The quantitative estimate of drug-likeness (QED) is 0.384. The van der Waals surface area contributed by atoms with Crippen LogP contribution in [0.1, 0.15) is 26.2 Å². The topological polar surface area (TPSA) is 54.0 Å². The van der Waals surface area contributed by atoms with Gasteiger partial charge in [0.25, 0.3) is 0 Å². The van der Waals surface area contributed by atoms with E-state index in [0.29, 0.717) is 18.6 Å². The first-order chi connectivity index (χ1) is 8.47. The van der Waals surface area contributed by atoms with Gasteiger partial charge in [0.15, 0.2) is 0 Å². The van der Waals surface area contributed by atoms with Crippen LogP contribution in [0.25, 0.3) is 0 Å². The molecule has 1 aliphatic carbocycles. The Bertz CT molecular complexity index is 312. The van der Waals surface area contributed by atoms with Gasteiger partial charge in [0, 0.05) is 31.9 Å². The number of hydrogen-bond acceptors (Lipinski definition) is 5. The Morgan fingerprint density at radius 3 is 2.06 bits per heavy atom. The highest BCUT2D eigenvalue weighted by Crippen LogP contribution is 2.63. The highest BCUT2D eigenvalue weighted by Gasteiger charge is 2.66. The molecule has 0 N–H and O–H groups in total. The number of rotatable bonds is 8. The van der Waals surface area contributed by atoms with Gasteiger partial charge in [0.2, 0.25) is 0 Å². The van der Waals surface area contributed by atoms with Gasteiger partial charge in [-0.2, -0.15) is 0 Å². The van der Waals surface area contributed by atoms with Crippen molar-refractivity contribution in [3.63, 3.8) is 0 Å². The Kier molecular flexibility index (Phi) is 5.09. The highest BCUT2D eigenvalue weighted by molar-refractivity contribution is 6.65. The van der Waals surface area contributed by atoms with Crippen LogP contribution < -0.4 is 0 Å². The molecular weight excluding hydrogens is 252 g/mol. The summed E-state index contributed by atoms with van der Waals surface area (Å²) in [6, 6.07) is 0. The molecule has 0 aliphatic heterocycles. The maximum Gasteiger partial charge on any atom is 0.506 e. The van der Waals surface area contributed by atoms with Crippen molar-refractivity contribution in [2.24, 2.45) is 0 Å². The van der Waals surface area contributed by atoms with Gasteiger partial charge in [0.05, 0.1) is 6.61 Å². The van der Waals surface area contributed by atoms with Crippen LogP contribution in [0, 0.1) is 0 Å². The molecule has 1 aliphatic rings. The lowest BCUT2D eigenvalue weighted by atomic mass is 10.3. The summed E-state index contributed by atoms with van der Waals surface area (Å²) in [6.45, 7) is 5.52. The van der Waals surface area contributed by atoms with Crippen molar-refractivity contribution in [2.45, 2.75) is 31.2 Å². The van der Waals surface area contributed by atoms with Crippen LogP contribution in [0.3, 0.4) is 0 Å². The standard InChI is InChI=1S/C12H22O5Si/c1-10(2)11(13)17-9-8-12(6-7-12)18(14-3,15-4)16-5/h1,6-9H2,2-5H3. The van der Waals surface area contributed by atoms with Gasteiger partial charge in [-0.25, -0.2) is 4.79 Å². The largest absolute Gasteiger partial charge is 0.506 e. The van der Waals surface area contributed by atoms with E-state index in [1.807, 2.05) is 0 Å². The molecule has 18 heavy (non-hydrogen) atoms. The maximum atomic E-state index is 11.3. The van der Waals surface area contributed by atoms with Crippen LogP contribution >= 0.6 is 0 Å². The molecule has 0 heterocycles. The number of ether oxygens (including phenoxy) is 1. The zero-order valence-corrected chi connectivity index (χ0v) is 12.6. The van der Waals surface area contributed by atoms with Crippen LogP contribution in [-0.4, -0.2) is 42.7 Å². The number of carbonyl (C=O) groups excluding carboxylic acids is 1. The molecule has 0 amide bonds. The predicted molar refractivity (Wildman–Crippen MR) is 69.1 cm³/mol. The van der Waals surface area contributed by atoms with E-state index in [-0.39, 0.29) is 11.0 Å². The minimum Gasteiger partial charge on any atom is -0.462 e. The van der Waals surface area contributed by atoms with Crippen LogP contribution in [-0.2, 0) is 22.8 Å². The molecule has 0 aromatic heterocycles. The zero-order chi connectivity index (χ0) is 13.8. The molecular formula is C12H22O5Si. The average Bonchev–Trinajstić information content (AvgIpc) is 3.13. The van der Waals surface area contributed by atoms with Gasteiger partial charge in [-0.05, 0) is 26.2 Å². The molecule has 0 aromatic carbocycles. The van der Waals surface area contributed by atoms with Crippen molar-refractivity contribution in [1.82, 2.24) is 0 Å². The molecule has 104 valence electrons. The van der Waals surface area contributed by atoms with Crippen molar-refractivity contribution < 1.29 is 22.8 Å². The SMILES string of the molecule is C=C(C)C(=O)OCCC1([Si](OC)(OC)OC)CC1. The average molecular weight is 274 g/mol. The van der Waals surface area contributed by atoms with Crippen molar-refractivity contribution in [1.29, 1.82) is 0 Å². The maximum absolute atomic E-state index is 11.3. The van der Waals surface area contributed by atoms with Crippen molar-refractivity contribution in [3.05, 3.63) is 12.2 Å². The summed E-state index contributed by atoms with van der Waals surface area (Å²) >= 11 is 0. The minimum atomic E-state index is -2.65. The van der Waals surface area contributed by atoms with Gasteiger partial charge >= 0.3 is 14.8 Å². The second-order valence-electron chi connectivity index (χ2n) is 4.62. The van der Waals surface area contributed by atoms with Gasteiger partial charge in [0.1, 0.15) is 0 Å². The second-order valence-corrected chi connectivity index (χ2v) is 8.01. The lowest BCUT2D eigenvalue weighted by Gasteiger charge is -2.32. The fourth-order valence-corrected chi connectivity index (χ4v) is 5.17. The van der Waals surface area contributed by atoms with E-state index in [9.17, 15) is 4.79 Å². The van der Waals surface area contributed by atoms with E-state index in [4.69, 9.17) is 18.0 Å². The van der Waals surface area contributed by atoms with E-state index in [1.54, 1.807) is 28.3 Å². The molecule has 0 unspecified atom stereocenters. The van der Waals surface area contributed by atoms with Crippen LogP contribution in [0.5, 0.6) is 0 Å². The normalized spacial score (nSPS) is 17.3. The molecule has 6 heteroatoms. The molecule has 0 bridgehead atoms. The molecule has 1 rings (SSSR count). The fourth-order valence-electron chi connectivity index (χ4n) is 2.22. The Hall–Kier alpha value is -0.693. The minimum absolute atomic E-state index is 0.0966. The summed E-state index contributed by atoms with van der Waals surface area (Å²) in [4.78, 5) is 11.3. The molecule has 5 nitrogen and oxygen atoms in total. The summed E-state index contributed by atoms with van der Waals surface area (Å²) in [5.41, 5.74) is 0.411. The second kappa shape index (κ2) is 5.97. The van der Waals surface area contributed by atoms with E-state index in [1.165, 1.54) is 0 Å². The van der Waals surface area contributed by atoms with E-state index in [0.717, 1.165) is 12.8 Å².